The molecule has 7 heteroatoms. The van der Waals surface area contributed by atoms with Crippen molar-refractivity contribution in [1.82, 2.24) is 10.2 Å². The van der Waals surface area contributed by atoms with Crippen molar-refractivity contribution < 1.29 is 19.1 Å². The number of rotatable bonds is 4. The number of piperidine rings is 1. The third-order valence-electron chi connectivity index (χ3n) is 4.25. The molecule has 1 fully saturated rings. The van der Waals surface area contributed by atoms with E-state index in [-0.39, 0.29) is 6.04 Å². The second-order valence-corrected chi connectivity index (χ2v) is 7.39. The van der Waals surface area contributed by atoms with Gasteiger partial charge in [-0.1, -0.05) is 12.1 Å². The molecule has 0 bridgehead atoms. The lowest BCUT2D eigenvalue weighted by molar-refractivity contribution is -0.0214. The number of benzene rings is 1. The Hall–Kier alpha value is -2.28. The summed E-state index contributed by atoms with van der Waals surface area (Å²) in [7, 11) is 3.44. The summed E-state index contributed by atoms with van der Waals surface area (Å²) in [6.07, 6.45) is -0.179. The van der Waals surface area contributed by atoms with Gasteiger partial charge in [0, 0.05) is 26.3 Å². The molecule has 1 aliphatic rings. The fraction of sp³-hybridized carbons (Fsp3) is 0.579. The van der Waals surface area contributed by atoms with Crippen LogP contribution in [0.4, 0.5) is 10.5 Å². The first-order valence-corrected chi connectivity index (χ1v) is 8.87. The van der Waals surface area contributed by atoms with Crippen LogP contribution in [-0.4, -0.2) is 61.9 Å². The van der Waals surface area contributed by atoms with Gasteiger partial charge in [0.15, 0.2) is 0 Å². The summed E-state index contributed by atoms with van der Waals surface area (Å²) in [4.78, 5) is 26.6. The monoisotopic (exact) mass is 363 g/mol. The van der Waals surface area contributed by atoms with Crippen molar-refractivity contribution in [2.24, 2.45) is 0 Å². The molecule has 0 aromatic heterocycles. The molecule has 1 aliphatic heterocycles. The number of carbonyl (C=O) groups is 2. The maximum atomic E-state index is 12.6. The molecule has 2 rings (SSSR count). The fourth-order valence-electron chi connectivity index (χ4n) is 2.93. The highest BCUT2D eigenvalue weighted by Gasteiger charge is 2.35. The van der Waals surface area contributed by atoms with E-state index in [9.17, 15) is 9.59 Å². The highest BCUT2D eigenvalue weighted by Crippen LogP contribution is 2.21. The summed E-state index contributed by atoms with van der Waals surface area (Å²) in [6.45, 7) is 6.72. The van der Waals surface area contributed by atoms with Crippen molar-refractivity contribution >= 4 is 17.7 Å². The Balaban J connectivity index is 2.10. The number of hydrogen-bond acceptors (Lipinski definition) is 6. The zero-order valence-corrected chi connectivity index (χ0v) is 16.2. The van der Waals surface area contributed by atoms with Crippen LogP contribution in [0.15, 0.2) is 24.3 Å². The number of esters is 1. The third-order valence-corrected chi connectivity index (χ3v) is 4.25. The predicted molar refractivity (Wildman–Crippen MR) is 100 cm³/mol. The number of nitrogens with one attached hydrogen (secondary N) is 2. The largest absolute Gasteiger partial charge is 0.455 e. The number of amides is 1. The molecule has 26 heavy (non-hydrogen) atoms. The minimum atomic E-state index is -0.573. The van der Waals surface area contributed by atoms with Crippen LogP contribution in [0.3, 0.4) is 0 Å². The summed E-state index contributed by atoms with van der Waals surface area (Å²) in [5.74, 6) is -0.411. The summed E-state index contributed by atoms with van der Waals surface area (Å²) >= 11 is 0. The highest BCUT2D eigenvalue weighted by atomic mass is 16.6. The molecule has 0 aliphatic carbocycles. The summed E-state index contributed by atoms with van der Waals surface area (Å²) < 4.78 is 11.2. The summed E-state index contributed by atoms with van der Waals surface area (Å²) in [6, 6.07) is 6.94. The Kier molecular flexibility index (Phi) is 6.47. The van der Waals surface area contributed by atoms with E-state index in [1.54, 1.807) is 26.2 Å². The van der Waals surface area contributed by atoms with Gasteiger partial charge >= 0.3 is 12.1 Å². The summed E-state index contributed by atoms with van der Waals surface area (Å²) in [5, 5.41) is 6.21. The minimum Gasteiger partial charge on any atom is -0.455 e. The van der Waals surface area contributed by atoms with Crippen LogP contribution >= 0.6 is 0 Å². The van der Waals surface area contributed by atoms with Gasteiger partial charge in [-0.15, -0.1) is 0 Å². The van der Waals surface area contributed by atoms with Crippen molar-refractivity contribution in [3.63, 3.8) is 0 Å². The Labute approximate surface area is 155 Å². The highest BCUT2D eigenvalue weighted by molar-refractivity contribution is 5.95. The molecule has 1 aromatic rings. The van der Waals surface area contributed by atoms with Gasteiger partial charge in [0.2, 0.25) is 0 Å². The molecule has 7 nitrogen and oxygen atoms in total. The maximum Gasteiger partial charge on any atom is 0.410 e. The predicted octanol–water partition coefficient (Wildman–Crippen LogP) is 2.48. The molecule has 1 saturated heterocycles. The van der Waals surface area contributed by atoms with Gasteiger partial charge in [0.05, 0.1) is 11.6 Å². The van der Waals surface area contributed by atoms with Crippen molar-refractivity contribution in [2.45, 2.75) is 44.9 Å². The molecular weight excluding hydrogens is 334 g/mol. The SMILES string of the molecule is CNc1ccccc1C(=O)OC1CNCC[C@H]1N(C)C(=O)OC(C)(C)C. The van der Waals surface area contributed by atoms with Gasteiger partial charge < -0.3 is 25.0 Å². The molecule has 2 atom stereocenters. The topological polar surface area (TPSA) is 79.9 Å². The molecule has 0 saturated carbocycles. The van der Waals surface area contributed by atoms with Gasteiger partial charge in [-0.05, 0) is 45.9 Å². The number of para-hydroxylation sites is 1. The van der Waals surface area contributed by atoms with E-state index in [1.807, 2.05) is 32.9 Å². The molecule has 1 aromatic carbocycles. The van der Waals surface area contributed by atoms with Crippen molar-refractivity contribution in [2.75, 3.05) is 32.5 Å². The second kappa shape index (κ2) is 8.40. The molecule has 2 N–H and O–H groups in total. The van der Waals surface area contributed by atoms with E-state index in [2.05, 4.69) is 10.6 Å². The van der Waals surface area contributed by atoms with E-state index in [1.165, 1.54) is 4.90 Å². The van der Waals surface area contributed by atoms with E-state index >= 15 is 0 Å². The maximum absolute atomic E-state index is 12.6. The molecule has 144 valence electrons. The molecule has 1 unspecified atom stereocenters. The lowest BCUT2D eigenvalue weighted by atomic mass is 10.0. The first-order chi connectivity index (χ1) is 12.2. The first-order valence-electron chi connectivity index (χ1n) is 8.87. The van der Waals surface area contributed by atoms with Crippen molar-refractivity contribution in [3.05, 3.63) is 29.8 Å². The Morgan fingerprint density at radius 1 is 1.27 bits per heavy atom. The quantitative estimate of drug-likeness (QED) is 0.800. The standard InChI is InChI=1S/C19H29N3O4/c1-19(2,3)26-18(24)22(5)15-10-11-21-12-16(15)25-17(23)13-8-6-7-9-14(13)20-4/h6-9,15-16,20-21H,10-12H2,1-5H3/t15-,16?/m1/s1. The minimum absolute atomic E-state index is 0.239. The van der Waals surface area contributed by atoms with Crippen LogP contribution in [0.1, 0.15) is 37.6 Å². The number of anilines is 1. The Bertz CT molecular complexity index is 642. The molecule has 1 heterocycles. The smallest absolute Gasteiger partial charge is 0.410 e. The Morgan fingerprint density at radius 2 is 1.96 bits per heavy atom. The first kappa shape index (κ1) is 20.0. The fourth-order valence-corrected chi connectivity index (χ4v) is 2.93. The second-order valence-electron chi connectivity index (χ2n) is 7.39. The summed E-state index contributed by atoms with van der Waals surface area (Å²) in [5.41, 5.74) is 0.605. The average molecular weight is 363 g/mol. The van der Waals surface area contributed by atoms with E-state index in [0.717, 1.165) is 6.54 Å². The lowest BCUT2D eigenvalue weighted by Crippen LogP contribution is -2.55. The van der Waals surface area contributed by atoms with Crippen LogP contribution < -0.4 is 10.6 Å². The van der Waals surface area contributed by atoms with E-state index in [4.69, 9.17) is 9.47 Å². The lowest BCUT2D eigenvalue weighted by Gasteiger charge is -2.38. The van der Waals surface area contributed by atoms with Crippen LogP contribution in [0.25, 0.3) is 0 Å². The third kappa shape index (κ3) is 5.11. The molecule has 0 spiro atoms. The zero-order valence-electron chi connectivity index (χ0n) is 16.2. The zero-order chi connectivity index (χ0) is 19.3. The van der Waals surface area contributed by atoms with Gasteiger partial charge in [0.25, 0.3) is 0 Å². The molecule has 1 amide bonds. The molecule has 0 radical (unpaired) electrons. The number of likely N-dealkylation sites (N-methyl/N-ethyl adjacent to an activating group) is 1. The number of carbonyl (C=O) groups excluding carboxylic acids is 2. The van der Waals surface area contributed by atoms with Crippen LogP contribution in [0.2, 0.25) is 0 Å². The number of nitrogens with zero attached hydrogens (tertiary/aromatic N) is 1. The van der Waals surface area contributed by atoms with Crippen LogP contribution in [0.5, 0.6) is 0 Å². The normalized spacial score (nSPS) is 20.2. The molecular formula is C19H29N3O4. The van der Waals surface area contributed by atoms with Crippen LogP contribution in [-0.2, 0) is 9.47 Å². The Morgan fingerprint density at radius 3 is 2.62 bits per heavy atom. The van der Waals surface area contributed by atoms with Crippen molar-refractivity contribution in [3.8, 4) is 0 Å². The van der Waals surface area contributed by atoms with Crippen molar-refractivity contribution in [1.29, 1.82) is 0 Å². The number of ether oxygens (including phenoxy) is 2. The van der Waals surface area contributed by atoms with Gasteiger partial charge in [0.1, 0.15) is 11.7 Å². The average Bonchev–Trinajstić information content (AvgIpc) is 2.60. The van der Waals surface area contributed by atoms with E-state index < -0.39 is 23.8 Å². The van der Waals surface area contributed by atoms with Gasteiger partial charge in [-0.2, -0.15) is 0 Å². The number of hydrogen-bond donors (Lipinski definition) is 2. The van der Waals surface area contributed by atoms with Gasteiger partial charge in [-0.3, -0.25) is 0 Å². The van der Waals surface area contributed by atoms with E-state index in [0.29, 0.717) is 24.2 Å². The van der Waals surface area contributed by atoms with Gasteiger partial charge in [-0.25, -0.2) is 9.59 Å². The van der Waals surface area contributed by atoms with Crippen LogP contribution in [0, 0.1) is 0 Å².